The number of rotatable bonds is 2. The zero-order valence-electron chi connectivity index (χ0n) is 10.4. The Morgan fingerprint density at radius 3 is 2.35 bits per heavy atom. The van der Waals surface area contributed by atoms with Crippen LogP contribution in [0.5, 0.6) is 0 Å². The van der Waals surface area contributed by atoms with Crippen molar-refractivity contribution in [3.63, 3.8) is 0 Å². The molecule has 0 amide bonds. The molecule has 106 valence electrons. The van der Waals surface area contributed by atoms with Crippen LogP contribution >= 0.6 is 0 Å². The Hall–Kier alpha value is -2.44. The van der Waals surface area contributed by atoms with E-state index in [9.17, 15) is 13.2 Å². The molecule has 0 radical (unpaired) electrons. The molecule has 1 heterocycles. The van der Waals surface area contributed by atoms with Gasteiger partial charge in [-0.2, -0.15) is 13.2 Å². The Morgan fingerprint density at radius 1 is 1.25 bits per heavy atom. The fourth-order valence-electron chi connectivity index (χ4n) is 1.76. The number of oxime groups is 1. The minimum atomic E-state index is -4.38. The molecule has 2 aromatic rings. The van der Waals surface area contributed by atoms with Gasteiger partial charge in [0.1, 0.15) is 11.5 Å². The molecule has 0 saturated heterocycles. The lowest BCUT2D eigenvalue weighted by Gasteiger charge is -2.06. The maximum absolute atomic E-state index is 12.5. The molecule has 2 rings (SSSR count). The molecular weight excluding hydrogens is 273 g/mol. The predicted molar refractivity (Wildman–Crippen MR) is 66.4 cm³/mol. The number of amidine groups is 1. The van der Waals surface area contributed by atoms with Gasteiger partial charge < -0.3 is 15.4 Å². The highest BCUT2D eigenvalue weighted by molar-refractivity contribution is 5.98. The van der Waals surface area contributed by atoms with Gasteiger partial charge in [0.15, 0.2) is 5.84 Å². The first-order valence-corrected chi connectivity index (χ1v) is 5.59. The lowest BCUT2D eigenvalue weighted by atomic mass is 10.1. The van der Waals surface area contributed by atoms with Gasteiger partial charge in [0, 0.05) is 5.56 Å². The summed E-state index contributed by atoms with van der Waals surface area (Å²) in [6.07, 6.45) is -4.38. The largest absolute Gasteiger partial charge is 0.461 e. The first kappa shape index (κ1) is 14.0. The second kappa shape index (κ2) is 4.92. The number of nitrogens with two attached hydrogens (primary N) is 1. The van der Waals surface area contributed by atoms with Crippen molar-refractivity contribution in [2.24, 2.45) is 10.9 Å². The minimum absolute atomic E-state index is 0.121. The van der Waals surface area contributed by atoms with Crippen LogP contribution in [-0.2, 0) is 6.18 Å². The van der Waals surface area contributed by atoms with Crippen LogP contribution in [-0.4, -0.2) is 11.0 Å². The molecule has 4 nitrogen and oxygen atoms in total. The van der Waals surface area contributed by atoms with Crippen molar-refractivity contribution < 1.29 is 22.8 Å². The zero-order valence-corrected chi connectivity index (χ0v) is 10.4. The van der Waals surface area contributed by atoms with Crippen LogP contribution in [0.3, 0.4) is 0 Å². The van der Waals surface area contributed by atoms with Crippen molar-refractivity contribution in [3.05, 3.63) is 47.2 Å². The average molecular weight is 284 g/mol. The molecule has 3 N–H and O–H groups in total. The zero-order chi connectivity index (χ0) is 14.9. The number of hydrogen-bond donors (Lipinski definition) is 2. The Morgan fingerprint density at radius 2 is 1.85 bits per heavy atom. The van der Waals surface area contributed by atoms with E-state index in [0.29, 0.717) is 22.6 Å². The van der Waals surface area contributed by atoms with Crippen molar-refractivity contribution in [1.29, 1.82) is 0 Å². The van der Waals surface area contributed by atoms with Crippen molar-refractivity contribution >= 4 is 5.84 Å². The summed E-state index contributed by atoms with van der Waals surface area (Å²) < 4.78 is 42.8. The number of benzene rings is 1. The lowest BCUT2D eigenvalue weighted by molar-refractivity contribution is -0.137. The third-order valence-corrected chi connectivity index (χ3v) is 2.80. The molecule has 0 aliphatic heterocycles. The van der Waals surface area contributed by atoms with Gasteiger partial charge in [-0.05, 0) is 25.1 Å². The lowest BCUT2D eigenvalue weighted by Crippen LogP contribution is -2.12. The van der Waals surface area contributed by atoms with Gasteiger partial charge in [-0.15, -0.1) is 0 Å². The summed E-state index contributed by atoms with van der Waals surface area (Å²) in [7, 11) is 0. The second-order valence-corrected chi connectivity index (χ2v) is 4.14. The number of nitrogens with zero attached hydrogens (tertiary/aromatic N) is 1. The molecule has 0 atom stereocenters. The highest BCUT2D eigenvalue weighted by atomic mass is 19.4. The second-order valence-electron chi connectivity index (χ2n) is 4.14. The molecule has 0 saturated carbocycles. The molecule has 0 bridgehead atoms. The van der Waals surface area contributed by atoms with Crippen molar-refractivity contribution in [3.8, 4) is 11.3 Å². The maximum atomic E-state index is 12.5. The summed E-state index contributed by atoms with van der Waals surface area (Å²) in [6, 6.07) is 6.05. The summed E-state index contributed by atoms with van der Waals surface area (Å²) in [6.45, 7) is 1.61. The molecule has 20 heavy (non-hydrogen) atoms. The third kappa shape index (κ3) is 2.61. The molecule has 0 spiro atoms. The summed E-state index contributed by atoms with van der Waals surface area (Å²) >= 11 is 0. The van der Waals surface area contributed by atoms with E-state index in [4.69, 9.17) is 15.4 Å². The van der Waals surface area contributed by atoms with Gasteiger partial charge >= 0.3 is 6.18 Å². The number of furan rings is 1. The molecule has 1 aromatic heterocycles. The summed E-state index contributed by atoms with van der Waals surface area (Å²) in [5.74, 6) is 0.637. The van der Waals surface area contributed by atoms with E-state index >= 15 is 0 Å². The minimum Gasteiger partial charge on any atom is -0.461 e. The smallest absolute Gasteiger partial charge is 0.416 e. The van der Waals surface area contributed by atoms with Crippen LogP contribution in [0.1, 0.15) is 16.9 Å². The van der Waals surface area contributed by atoms with Gasteiger partial charge in [-0.3, -0.25) is 0 Å². The normalized spacial score (nSPS) is 12.7. The van der Waals surface area contributed by atoms with Crippen molar-refractivity contribution in [2.75, 3.05) is 0 Å². The Balaban J connectivity index is 2.38. The highest BCUT2D eigenvalue weighted by Crippen LogP contribution is 2.32. The van der Waals surface area contributed by atoms with E-state index in [1.807, 2.05) is 0 Å². The fraction of sp³-hybridized carbons (Fsp3) is 0.154. The summed E-state index contributed by atoms with van der Waals surface area (Å²) in [5, 5.41) is 11.5. The van der Waals surface area contributed by atoms with Crippen molar-refractivity contribution in [1.82, 2.24) is 0 Å². The molecule has 7 heteroatoms. The molecule has 1 aromatic carbocycles. The molecule has 0 aliphatic carbocycles. The number of halogens is 3. The van der Waals surface area contributed by atoms with Crippen LogP contribution in [0.4, 0.5) is 13.2 Å². The van der Waals surface area contributed by atoms with Crippen LogP contribution in [0.15, 0.2) is 39.9 Å². The van der Waals surface area contributed by atoms with Gasteiger partial charge in [0.2, 0.25) is 0 Å². The van der Waals surface area contributed by atoms with E-state index in [-0.39, 0.29) is 5.84 Å². The number of aryl methyl sites for hydroxylation is 1. The van der Waals surface area contributed by atoms with Crippen LogP contribution < -0.4 is 5.73 Å². The first-order valence-electron chi connectivity index (χ1n) is 5.59. The SMILES string of the molecule is Cc1oc(-c2ccc(C(F)(F)F)cc2)cc1C(N)=NO. The molecule has 0 unspecified atom stereocenters. The first-order chi connectivity index (χ1) is 9.32. The Labute approximate surface area is 112 Å². The van der Waals surface area contributed by atoms with Gasteiger partial charge in [0.05, 0.1) is 11.1 Å². The fourth-order valence-corrected chi connectivity index (χ4v) is 1.76. The van der Waals surface area contributed by atoms with Gasteiger partial charge in [-0.1, -0.05) is 17.3 Å². The van der Waals surface area contributed by atoms with Crippen LogP contribution in [0.25, 0.3) is 11.3 Å². The monoisotopic (exact) mass is 284 g/mol. The maximum Gasteiger partial charge on any atom is 0.416 e. The van der Waals surface area contributed by atoms with E-state index in [0.717, 1.165) is 12.1 Å². The van der Waals surface area contributed by atoms with E-state index in [1.54, 1.807) is 6.92 Å². The van der Waals surface area contributed by atoms with Crippen molar-refractivity contribution in [2.45, 2.75) is 13.1 Å². The van der Waals surface area contributed by atoms with E-state index in [2.05, 4.69) is 5.16 Å². The number of alkyl halides is 3. The summed E-state index contributed by atoms with van der Waals surface area (Å²) in [5.41, 5.74) is 5.59. The highest BCUT2D eigenvalue weighted by Gasteiger charge is 2.30. The third-order valence-electron chi connectivity index (χ3n) is 2.80. The molecule has 0 fully saturated rings. The van der Waals surface area contributed by atoms with Crippen LogP contribution in [0, 0.1) is 6.92 Å². The van der Waals surface area contributed by atoms with Gasteiger partial charge in [0.25, 0.3) is 0 Å². The predicted octanol–water partition coefficient (Wildman–Crippen LogP) is 3.37. The van der Waals surface area contributed by atoms with E-state index in [1.165, 1.54) is 18.2 Å². The average Bonchev–Trinajstić information content (AvgIpc) is 2.79. The van der Waals surface area contributed by atoms with Crippen LogP contribution in [0.2, 0.25) is 0 Å². The van der Waals surface area contributed by atoms with E-state index < -0.39 is 11.7 Å². The standard InChI is InChI=1S/C13H11F3N2O2/c1-7-10(12(17)18-19)6-11(20-7)8-2-4-9(5-3-8)13(14,15)16/h2-6,19H,1H3,(H2,17,18). The molecular formula is C13H11F3N2O2. The topological polar surface area (TPSA) is 71.8 Å². The quantitative estimate of drug-likeness (QED) is 0.384. The Bertz CT molecular complexity index is 643. The molecule has 0 aliphatic rings. The Kier molecular flexibility index (Phi) is 3.44. The van der Waals surface area contributed by atoms with Gasteiger partial charge in [-0.25, -0.2) is 0 Å². The summed E-state index contributed by atoms with van der Waals surface area (Å²) in [4.78, 5) is 0. The number of hydrogen-bond acceptors (Lipinski definition) is 3.